The molecular formula is C15H23N3O. The number of benzene rings is 1. The fraction of sp³-hybridized carbons (Fsp3) is 0.533. The number of fused-ring (bicyclic) bond motifs is 1. The Labute approximate surface area is 115 Å². The molecule has 0 unspecified atom stereocenters. The van der Waals surface area contributed by atoms with Gasteiger partial charge in [0.25, 0.3) is 0 Å². The minimum Gasteiger partial charge on any atom is -0.373 e. The third-order valence-corrected chi connectivity index (χ3v) is 3.70. The zero-order chi connectivity index (χ0) is 14.0. The predicted octanol–water partition coefficient (Wildman–Crippen LogP) is 1.94. The molecule has 0 fully saturated rings. The van der Waals surface area contributed by atoms with Gasteiger partial charge in [-0.15, -0.1) is 0 Å². The predicted molar refractivity (Wildman–Crippen MR) is 79.8 cm³/mol. The molecule has 0 radical (unpaired) electrons. The van der Waals surface area contributed by atoms with Gasteiger partial charge in [0.2, 0.25) is 5.91 Å². The maximum atomic E-state index is 12.1. The summed E-state index contributed by atoms with van der Waals surface area (Å²) in [6, 6.07) is 6.27. The molecule has 0 spiro atoms. The first-order chi connectivity index (χ1) is 9.06. The van der Waals surface area contributed by atoms with E-state index in [4.69, 9.17) is 5.73 Å². The highest BCUT2D eigenvalue weighted by molar-refractivity contribution is 5.99. The first-order valence-electron chi connectivity index (χ1n) is 6.90. The van der Waals surface area contributed by atoms with Gasteiger partial charge in [-0.25, -0.2) is 0 Å². The van der Waals surface area contributed by atoms with Gasteiger partial charge in [0.15, 0.2) is 0 Å². The van der Waals surface area contributed by atoms with Crippen molar-refractivity contribution < 1.29 is 4.79 Å². The SMILES string of the molecule is CC(C)c1cccc2c1N(C(=O)CN)CCCN2C. The van der Waals surface area contributed by atoms with Crippen LogP contribution in [0.25, 0.3) is 0 Å². The van der Waals surface area contributed by atoms with Gasteiger partial charge in [0.1, 0.15) is 0 Å². The Bertz CT molecular complexity index is 470. The molecule has 4 heteroatoms. The van der Waals surface area contributed by atoms with Crippen LogP contribution in [0.15, 0.2) is 18.2 Å². The molecule has 2 rings (SSSR count). The zero-order valence-corrected chi connectivity index (χ0v) is 12.0. The molecule has 0 atom stereocenters. The van der Waals surface area contributed by atoms with Crippen LogP contribution < -0.4 is 15.5 Å². The number of hydrogen-bond donors (Lipinski definition) is 1. The van der Waals surface area contributed by atoms with Crippen LogP contribution in [-0.2, 0) is 4.79 Å². The lowest BCUT2D eigenvalue weighted by Crippen LogP contribution is -2.37. The normalized spacial score (nSPS) is 15.4. The second kappa shape index (κ2) is 5.61. The van der Waals surface area contributed by atoms with Crippen molar-refractivity contribution in [2.45, 2.75) is 26.2 Å². The van der Waals surface area contributed by atoms with Crippen LogP contribution in [0.1, 0.15) is 31.7 Å². The molecule has 1 aromatic rings. The fourth-order valence-electron chi connectivity index (χ4n) is 2.67. The number of amides is 1. The van der Waals surface area contributed by atoms with Crippen molar-refractivity contribution in [2.24, 2.45) is 5.73 Å². The number of nitrogens with zero attached hydrogens (tertiary/aromatic N) is 2. The second-order valence-corrected chi connectivity index (χ2v) is 5.39. The van der Waals surface area contributed by atoms with E-state index in [1.807, 2.05) is 4.90 Å². The average molecular weight is 261 g/mol. The van der Waals surface area contributed by atoms with Gasteiger partial charge < -0.3 is 15.5 Å². The largest absolute Gasteiger partial charge is 0.373 e. The van der Waals surface area contributed by atoms with E-state index in [1.165, 1.54) is 5.56 Å². The van der Waals surface area contributed by atoms with Gasteiger partial charge in [-0.2, -0.15) is 0 Å². The fourth-order valence-corrected chi connectivity index (χ4v) is 2.67. The van der Waals surface area contributed by atoms with E-state index in [2.05, 4.69) is 44.0 Å². The molecule has 104 valence electrons. The Morgan fingerprint density at radius 1 is 1.37 bits per heavy atom. The highest BCUT2D eigenvalue weighted by atomic mass is 16.2. The maximum Gasteiger partial charge on any atom is 0.240 e. The van der Waals surface area contributed by atoms with E-state index >= 15 is 0 Å². The van der Waals surface area contributed by atoms with E-state index in [0.29, 0.717) is 5.92 Å². The molecule has 0 aromatic heterocycles. The zero-order valence-electron chi connectivity index (χ0n) is 12.0. The second-order valence-electron chi connectivity index (χ2n) is 5.39. The molecule has 4 nitrogen and oxygen atoms in total. The van der Waals surface area contributed by atoms with Gasteiger partial charge in [0, 0.05) is 20.1 Å². The quantitative estimate of drug-likeness (QED) is 0.885. The van der Waals surface area contributed by atoms with Crippen molar-refractivity contribution in [3.05, 3.63) is 23.8 Å². The first kappa shape index (κ1) is 13.9. The molecule has 19 heavy (non-hydrogen) atoms. The number of rotatable bonds is 2. The standard InChI is InChI=1S/C15H23N3O/c1-11(2)12-6-4-7-13-15(12)18(14(19)10-16)9-5-8-17(13)3/h4,6-7,11H,5,8-10,16H2,1-3H3. The Morgan fingerprint density at radius 3 is 2.74 bits per heavy atom. The van der Waals surface area contributed by atoms with Crippen LogP contribution in [0, 0.1) is 0 Å². The topological polar surface area (TPSA) is 49.6 Å². The van der Waals surface area contributed by atoms with Crippen LogP contribution in [0.2, 0.25) is 0 Å². The van der Waals surface area contributed by atoms with Crippen molar-refractivity contribution in [2.75, 3.05) is 36.5 Å². The summed E-state index contributed by atoms with van der Waals surface area (Å²) in [5.74, 6) is 0.388. The molecule has 1 aromatic carbocycles. The number of carbonyl (C=O) groups excluding carboxylic acids is 1. The van der Waals surface area contributed by atoms with Crippen molar-refractivity contribution in [1.29, 1.82) is 0 Å². The van der Waals surface area contributed by atoms with E-state index in [0.717, 1.165) is 30.9 Å². The summed E-state index contributed by atoms with van der Waals surface area (Å²) in [5.41, 5.74) is 8.96. The average Bonchev–Trinajstić information content (AvgIpc) is 2.57. The van der Waals surface area contributed by atoms with Gasteiger partial charge in [-0.1, -0.05) is 26.0 Å². The van der Waals surface area contributed by atoms with Gasteiger partial charge in [-0.3, -0.25) is 4.79 Å². The van der Waals surface area contributed by atoms with Crippen molar-refractivity contribution >= 4 is 17.3 Å². The molecule has 0 bridgehead atoms. The van der Waals surface area contributed by atoms with Crippen LogP contribution >= 0.6 is 0 Å². The Balaban J connectivity index is 2.59. The summed E-state index contributed by atoms with van der Waals surface area (Å²) in [6.45, 7) is 6.09. The summed E-state index contributed by atoms with van der Waals surface area (Å²) in [4.78, 5) is 16.2. The lowest BCUT2D eigenvalue weighted by atomic mass is 9.99. The summed E-state index contributed by atoms with van der Waals surface area (Å²) in [5, 5.41) is 0. The van der Waals surface area contributed by atoms with Gasteiger partial charge in [-0.05, 0) is 24.0 Å². The molecule has 0 aliphatic carbocycles. The lowest BCUT2D eigenvalue weighted by molar-refractivity contribution is -0.117. The van der Waals surface area contributed by atoms with Crippen LogP contribution in [-0.4, -0.2) is 32.6 Å². The van der Waals surface area contributed by atoms with E-state index in [1.54, 1.807) is 0 Å². The molecule has 2 N–H and O–H groups in total. The minimum atomic E-state index is 0.00431. The summed E-state index contributed by atoms with van der Waals surface area (Å²) < 4.78 is 0. The summed E-state index contributed by atoms with van der Waals surface area (Å²) in [6.07, 6.45) is 0.967. The van der Waals surface area contributed by atoms with Gasteiger partial charge >= 0.3 is 0 Å². The Kier molecular flexibility index (Phi) is 4.10. The Morgan fingerprint density at radius 2 is 2.11 bits per heavy atom. The number of carbonyl (C=O) groups is 1. The monoisotopic (exact) mass is 261 g/mol. The summed E-state index contributed by atoms with van der Waals surface area (Å²) >= 11 is 0. The molecule has 1 heterocycles. The number of anilines is 2. The van der Waals surface area contributed by atoms with E-state index < -0.39 is 0 Å². The van der Waals surface area contributed by atoms with Gasteiger partial charge in [0.05, 0.1) is 17.9 Å². The third-order valence-electron chi connectivity index (χ3n) is 3.70. The number of nitrogens with two attached hydrogens (primary N) is 1. The Hall–Kier alpha value is -1.55. The summed E-state index contributed by atoms with van der Waals surface area (Å²) in [7, 11) is 2.08. The number of para-hydroxylation sites is 1. The number of hydrogen-bond acceptors (Lipinski definition) is 3. The smallest absolute Gasteiger partial charge is 0.240 e. The van der Waals surface area contributed by atoms with Crippen LogP contribution in [0.5, 0.6) is 0 Å². The highest BCUT2D eigenvalue weighted by Gasteiger charge is 2.25. The van der Waals surface area contributed by atoms with Crippen LogP contribution in [0.3, 0.4) is 0 Å². The maximum absolute atomic E-state index is 12.1. The molecule has 1 aliphatic rings. The van der Waals surface area contributed by atoms with Crippen molar-refractivity contribution in [3.63, 3.8) is 0 Å². The van der Waals surface area contributed by atoms with E-state index in [9.17, 15) is 4.79 Å². The molecule has 0 saturated heterocycles. The molecule has 1 aliphatic heterocycles. The molecule has 0 saturated carbocycles. The first-order valence-corrected chi connectivity index (χ1v) is 6.90. The van der Waals surface area contributed by atoms with Crippen molar-refractivity contribution in [3.8, 4) is 0 Å². The molecular weight excluding hydrogens is 238 g/mol. The van der Waals surface area contributed by atoms with Crippen molar-refractivity contribution in [1.82, 2.24) is 0 Å². The third kappa shape index (κ3) is 2.59. The van der Waals surface area contributed by atoms with E-state index in [-0.39, 0.29) is 12.5 Å². The minimum absolute atomic E-state index is 0.00431. The lowest BCUT2D eigenvalue weighted by Gasteiger charge is -2.28. The highest BCUT2D eigenvalue weighted by Crippen LogP contribution is 2.38. The van der Waals surface area contributed by atoms with Crippen LogP contribution in [0.4, 0.5) is 11.4 Å². The molecule has 1 amide bonds.